The first-order valence-corrected chi connectivity index (χ1v) is 6.89. The van der Waals surface area contributed by atoms with Crippen molar-refractivity contribution in [2.45, 2.75) is 13.8 Å². The predicted molar refractivity (Wildman–Crippen MR) is 73.4 cm³/mol. The van der Waals surface area contributed by atoms with Crippen molar-refractivity contribution in [2.24, 2.45) is 0 Å². The van der Waals surface area contributed by atoms with E-state index in [2.05, 4.69) is 4.98 Å². The van der Waals surface area contributed by atoms with Crippen molar-refractivity contribution in [1.82, 2.24) is 4.98 Å². The van der Waals surface area contributed by atoms with E-state index in [4.69, 9.17) is 4.74 Å². The van der Waals surface area contributed by atoms with Gasteiger partial charge in [-0.25, -0.2) is 18.6 Å². The fraction of sp³-hybridized carbons (Fsp3) is 0.214. The van der Waals surface area contributed by atoms with E-state index in [9.17, 15) is 18.4 Å². The molecule has 0 N–H and O–H groups in total. The average Bonchev–Trinajstić information content (AvgIpc) is 2.83. The molecule has 1 aromatic heterocycles. The monoisotopic (exact) mass is 311 g/mol. The summed E-state index contributed by atoms with van der Waals surface area (Å²) in [6.45, 7) is 3.05. The first-order chi connectivity index (χ1) is 9.92. The van der Waals surface area contributed by atoms with Crippen molar-refractivity contribution in [3.63, 3.8) is 0 Å². The molecule has 7 heteroatoms. The molecule has 0 bridgehead atoms. The Balaban J connectivity index is 2.53. The van der Waals surface area contributed by atoms with Gasteiger partial charge in [-0.05, 0) is 19.1 Å². The number of Topliss-reactive ketones (excluding diaryl/α,β-unsaturated/α-hetero) is 1. The lowest BCUT2D eigenvalue weighted by Gasteiger charge is -1.99. The van der Waals surface area contributed by atoms with Crippen LogP contribution >= 0.6 is 11.3 Å². The Labute approximate surface area is 123 Å². The molecule has 0 saturated heterocycles. The molecule has 0 atom stereocenters. The number of aromatic nitrogens is 1. The molecule has 1 heterocycles. The molecule has 0 amide bonds. The number of benzene rings is 1. The van der Waals surface area contributed by atoms with Gasteiger partial charge < -0.3 is 4.74 Å². The third-order valence-electron chi connectivity index (χ3n) is 2.53. The summed E-state index contributed by atoms with van der Waals surface area (Å²) in [6, 6.07) is 2.90. The molecular formula is C14H11F2NO3S. The number of ether oxygens (including phenoxy) is 1. The second-order valence-corrected chi connectivity index (χ2v) is 5.13. The number of carbonyl (C=O) groups excluding carboxylic acids is 2. The molecule has 2 aromatic rings. The lowest BCUT2D eigenvalue weighted by Crippen LogP contribution is -2.09. The molecule has 0 spiro atoms. The van der Waals surface area contributed by atoms with Gasteiger partial charge >= 0.3 is 5.97 Å². The highest BCUT2D eigenvalue weighted by molar-refractivity contribution is 7.17. The van der Waals surface area contributed by atoms with Gasteiger partial charge in [0.15, 0.2) is 11.5 Å². The number of hydrogen-bond donors (Lipinski definition) is 0. The van der Waals surface area contributed by atoms with E-state index < -0.39 is 17.6 Å². The first-order valence-electron chi connectivity index (χ1n) is 6.07. The summed E-state index contributed by atoms with van der Waals surface area (Å²) in [7, 11) is 0. The molecule has 2 rings (SSSR count). The molecule has 4 nitrogen and oxygen atoms in total. The quantitative estimate of drug-likeness (QED) is 0.641. The van der Waals surface area contributed by atoms with Gasteiger partial charge in [0.05, 0.1) is 6.61 Å². The van der Waals surface area contributed by atoms with Crippen LogP contribution in [0.4, 0.5) is 8.78 Å². The minimum Gasteiger partial charge on any atom is -0.461 e. The zero-order valence-corrected chi connectivity index (χ0v) is 12.1. The highest BCUT2D eigenvalue weighted by Gasteiger charge is 2.23. The molecule has 1 aromatic carbocycles. The number of nitrogens with zero attached hydrogens (tertiary/aromatic N) is 1. The van der Waals surface area contributed by atoms with Gasteiger partial charge in [-0.2, -0.15) is 0 Å². The zero-order valence-electron chi connectivity index (χ0n) is 11.3. The Kier molecular flexibility index (Phi) is 4.42. The SMILES string of the molecule is CCOC(=O)c1nc(-c2cc(F)cc(F)c2)sc1C(C)=O. The largest absolute Gasteiger partial charge is 0.461 e. The van der Waals surface area contributed by atoms with E-state index in [0.717, 1.165) is 29.5 Å². The van der Waals surface area contributed by atoms with E-state index >= 15 is 0 Å². The molecular weight excluding hydrogens is 300 g/mol. The highest BCUT2D eigenvalue weighted by Crippen LogP contribution is 2.30. The van der Waals surface area contributed by atoms with Crippen molar-refractivity contribution in [2.75, 3.05) is 6.61 Å². The van der Waals surface area contributed by atoms with Crippen LogP contribution in [-0.4, -0.2) is 23.3 Å². The third kappa shape index (κ3) is 3.30. The minimum atomic E-state index is -0.762. The Hall–Kier alpha value is -2.15. The van der Waals surface area contributed by atoms with Crippen molar-refractivity contribution >= 4 is 23.1 Å². The fourth-order valence-corrected chi connectivity index (χ4v) is 2.63. The van der Waals surface area contributed by atoms with Crippen LogP contribution in [0.15, 0.2) is 18.2 Å². The topological polar surface area (TPSA) is 56.3 Å². The number of esters is 1. The van der Waals surface area contributed by atoms with E-state index in [-0.39, 0.29) is 33.5 Å². The second-order valence-electron chi connectivity index (χ2n) is 4.13. The molecule has 0 aliphatic carbocycles. The van der Waals surface area contributed by atoms with E-state index in [1.807, 2.05) is 0 Å². The predicted octanol–water partition coefficient (Wildman–Crippen LogP) is 3.47. The number of ketones is 1. The molecule has 21 heavy (non-hydrogen) atoms. The van der Waals surface area contributed by atoms with Crippen molar-refractivity contribution < 1.29 is 23.1 Å². The summed E-state index contributed by atoms with van der Waals surface area (Å²) < 4.78 is 31.3. The second kappa shape index (κ2) is 6.09. The molecule has 0 aliphatic heterocycles. The van der Waals surface area contributed by atoms with Crippen LogP contribution in [-0.2, 0) is 4.74 Å². The molecule has 0 radical (unpaired) electrons. The zero-order chi connectivity index (χ0) is 15.6. The summed E-state index contributed by atoms with van der Waals surface area (Å²) >= 11 is 0.897. The maximum absolute atomic E-state index is 13.2. The Bertz CT molecular complexity index is 692. The molecule has 110 valence electrons. The van der Waals surface area contributed by atoms with Crippen LogP contribution in [0.5, 0.6) is 0 Å². The number of carbonyl (C=O) groups is 2. The summed E-state index contributed by atoms with van der Waals surface area (Å²) in [5, 5.41) is 0.182. The van der Waals surface area contributed by atoms with E-state index in [1.54, 1.807) is 6.92 Å². The summed E-state index contributed by atoms with van der Waals surface area (Å²) in [4.78, 5) is 27.4. The minimum absolute atomic E-state index is 0.105. The lowest BCUT2D eigenvalue weighted by molar-refractivity contribution is 0.0517. The first kappa shape index (κ1) is 15.2. The third-order valence-corrected chi connectivity index (χ3v) is 3.73. The fourth-order valence-electron chi connectivity index (χ4n) is 1.70. The van der Waals surface area contributed by atoms with Crippen molar-refractivity contribution in [3.05, 3.63) is 40.4 Å². The van der Waals surface area contributed by atoms with Gasteiger partial charge in [0.25, 0.3) is 0 Å². The number of thiazole rings is 1. The van der Waals surface area contributed by atoms with E-state index in [0.29, 0.717) is 0 Å². The average molecular weight is 311 g/mol. The maximum Gasteiger partial charge on any atom is 0.358 e. The summed E-state index contributed by atoms with van der Waals surface area (Å²) in [5.74, 6) is -2.62. The van der Waals surface area contributed by atoms with Gasteiger partial charge in [0, 0.05) is 18.6 Å². The van der Waals surface area contributed by atoms with Gasteiger partial charge in [0.2, 0.25) is 0 Å². The van der Waals surface area contributed by atoms with Crippen molar-refractivity contribution in [3.8, 4) is 10.6 Å². The smallest absolute Gasteiger partial charge is 0.358 e. The van der Waals surface area contributed by atoms with Crippen LogP contribution in [0.1, 0.15) is 34.0 Å². The molecule has 0 fully saturated rings. The van der Waals surface area contributed by atoms with Gasteiger partial charge in [-0.1, -0.05) is 0 Å². The van der Waals surface area contributed by atoms with Crippen LogP contribution in [0.25, 0.3) is 10.6 Å². The van der Waals surface area contributed by atoms with E-state index in [1.165, 1.54) is 6.92 Å². The standard InChI is InChI=1S/C14H11F2NO3S/c1-3-20-14(19)11-12(7(2)18)21-13(17-11)8-4-9(15)6-10(16)5-8/h4-6H,3H2,1-2H3. The van der Waals surface area contributed by atoms with Crippen LogP contribution in [0.3, 0.4) is 0 Å². The number of rotatable bonds is 4. The Morgan fingerprint density at radius 2 is 1.86 bits per heavy atom. The molecule has 0 unspecified atom stereocenters. The highest BCUT2D eigenvalue weighted by atomic mass is 32.1. The normalized spacial score (nSPS) is 10.5. The lowest BCUT2D eigenvalue weighted by atomic mass is 10.2. The van der Waals surface area contributed by atoms with Crippen LogP contribution in [0.2, 0.25) is 0 Å². The Morgan fingerprint density at radius 3 is 2.38 bits per heavy atom. The maximum atomic E-state index is 13.2. The van der Waals surface area contributed by atoms with Gasteiger partial charge in [0.1, 0.15) is 21.5 Å². The van der Waals surface area contributed by atoms with Crippen LogP contribution in [0, 0.1) is 11.6 Å². The van der Waals surface area contributed by atoms with Crippen LogP contribution < -0.4 is 0 Å². The summed E-state index contributed by atoms with van der Waals surface area (Å²) in [5.41, 5.74) is 0.0320. The number of halogens is 2. The molecule has 0 aliphatic rings. The van der Waals surface area contributed by atoms with Crippen molar-refractivity contribution in [1.29, 1.82) is 0 Å². The Morgan fingerprint density at radius 1 is 1.24 bits per heavy atom. The number of hydrogen-bond acceptors (Lipinski definition) is 5. The summed E-state index contributed by atoms with van der Waals surface area (Å²) in [6.07, 6.45) is 0. The van der Waals surface area contributed by atoms with Gasteiger partial charge in [-0.15, -0.1) is 11.3 Å². The van der Waals surface area contributed by atoms with Gasteiger partial charge in [-0.3, -0.25) is 4.79 Å². The molecule has 0 saturated carbocycles.